The van der Waals surface area contributed by atoms with Gasteiger partial charge in [0.25, 0.3) is 0 Å². The van der Waals surface area contributed by atoms with Gasteiger partial charge in [-0.3, -0.25) is 9.59 Å². The topological polar surface area (TPSA) is 58.6 Å². The molecule has 1 atom stereocenters. The van der Waals surface area contributed by atoms with Crippen LogP contribution in [0.15, 0.2) is 59.5 Å². The van der Waals surface area contributed by atoms with Crippen molar-refractivity contribution >= 4 is 29.3 Å². The van der Waals surface area contributed by atoms with Crippen LogP contribution in [-0.4, -0.2) is 42.7 Å². The molecule has 0 bridgehead atoms. The summed E-state index contributed by atoms with van der Waals surface area (Å²) in [4.78, 5) is 27.0. The largest absolute Gasteiger partial charge is 0.497 e. The number of carbonyl (C=O) groups is 2. The number of hydrogen-bond acceptors (Lipinski definition) is 4. The van der Waals surface area contributed by atoms with Crippen LogP contribution >= 0.6 is 11.8 Å². The van der Waals surface area contributed by atoms with Crippen molar-refractivity contribution in [3.8, 4) is 5.75 Å². The van der Waals surface area contributed by atoms with E-state index in [1.54, 1.807) is 38.4 Å². The predicted molar refractivity (Wildman–Crippen MR) is 101 cm³/mol. The van der Waals surface area contributed by atoms with Crippen LogP contribution in [0.1, 0.15) is 6.92 Å². The summed E-state index contributed by atoms with van der Waals surface area (Å²) in [6.45, 7) is 1.85. The molecule has 0 aliphatic heterocycles. The smallest absolute Gasteiger partial charge is 0.243 e. The molecule has 5 nitrogen and oxygen atoms in total. The molecule has 2 rings (SSSR count). The van der Waals surface area contributed by atoms with Crippen molar-refractivity contribution in [2.45, 2.75) is 17.1 Å². The molecule has 0 saturated carbocycles. The minimum absolute atomic E-state index is 0.00452. The normalized spacial score (nSPS) is 11.5. The van der Waals surface area contributed by atoms with E-state index in [9.17, 15) is 9.59 Å². The Hall–Kier alpha value is -2.47. The molecule has 0 heterocycles. The van der Waals surface area contributed by atoms with Gasteiger partial charge in [-0.2, -0.15) is 0 Å². The maximum atomic E-state index is 12.4. The maximum absolute atomic E-state index is 12.4. The Morgan fingerprint density at radius 2 is 1.76 bits per heavy atom. The van der Waals surface area contributed by atoms with E-state index < -0.39 is 0 Å². The second kappa shape index (κ2) is 9.13. The van der Waals surface area contributed by atoms with Gasteiger partial charge in [-0.05, 0) is 43.3 Å². The Kier molecular flexibility index (Phi) is 6.89. The number of amides is 2. The van der Waals surface area contributed by atoms with Crippen molar-refractivity contribution in [1.29, 1.82) is 0 Å². The fourth-order valence-corrected chi connectivity index (χ4v) is 3.24. The molecule has 25 heavy (non-hydrogen) atoms. The Balaban J connectivity index is 1.85. The molecular formula is C19H22N2O3S. The lowest BCUT2D eigenvalue weighted by atomic mass is 10.3. The van der Waals surface area contributed by atoms with Crippen LogP contribution in [0.2, 0.25) is 0 Å². The van der Waals surface area contributed by atoms with Gasteiger partial charge in [-0.1, -0.05) is 18.2 Å². The number of benzene rings is 2. The second-order valence-corrected chi connectivity index (χ2v) is 6.96. The van der Waals surface area contributed by atoms with Gasteiger partial charge in [0.1, 0.15) is 5.75 Å². The zero-order valence-electron chi connectivity index (χ0n) is 14.6. The van der Waals surface area contributed by atoms with Gasteiger partial charge >= 0.3 is 0 Å². The van der Waals surface area contributed by atoms with Crippen molar-refractivity contribution < 1.29 is 14.3 Å². The van der Waals surface area contributed by atoms with Gasteiger partial charge in [-0.25, -0.2) is 0 Å². The van der Waals surface area contributed by atoms with E-state index >= 15 is 0 Å². The van der Waals surface area contributed by atoms with Crippen LogP contribution in [-0.2, 0) is 9.59 Å². The van der Waals surface area contributed by atoms with Gasteiger partial charge < -0.3 is 15.0 Å². The first kappa shape index (κ1) is 18.9. The number of thioether (sulfide) groups is 1. The van der Waals surface area contributed by atoms with Crippen molar-refractivity contribution in [3.05, 3.63) is 54.6 Å². The molecule has 2 amide bonds. The summed E-state index contributed by atoms with van der Waals surface area (Å²) in [7, 11) is 3.22. The Bertz CT molecular complexity index is 704. The number of ether oxygens (including phenoxy) is 1. The summed E-state index contributed by atoms with van der Waals surface area (Å²) in [5, 5.41) is 2.51. The molecule has 0 unspecified atom stereocenters. The highest BCUT2D eigenvalue weighted by Gasteiger charge is 2.20. The monoisotopic (exact) mass is 358 g/mol. The molecule has 0 aromatic heterocycles. The molecule has 0 saturated heterocycles. The summed E-state index contributed by atoms with van der Waals surface area (Å²) in [5.41, 5.74) is 0.665. The Morgan fingerprint density at radius 1 is 1.12 bits per heavy atom. The van der Waals surface area contributed by atoms with Crippen molar-refractivity contribution in [3.63, 3.8) is 0 Å². The molecule has 0 aliphatic rings. The average Bonchev–Trinajstić information content (AvgIpc) is 2.62. The third-order valence-electron chi connectivity index (χ3n) is 3.53. The van der Waals surface area contributed by atoms with E-state index in [2.05, 4.69) is 5.32 Å². The van der Waals surface area contributed by atoms with Crippen LogP contribution < -0.4 is 10.1 Å². The molecule has 0 fully saturated rings. The van der Waals surface area contributed by atoms with Gasteiger partial charge in [0, 0.05) is 17.6 Å². The zero-order valence-corrected chi connectivity index (χ0v) is 15.4. The third kappa shape index (κ3) is 5.83. The Morgan fingerprint density at radius 3 is 2.36 bits per heavy atom. The molecule has 2 aromatic rings. The summed E-state index contributed by atoms with van der Waals surface area (Å²) in [5.74, 6) is 0.397. The molecule has 0 radical (unpaired) electrons. The number of nitrogens with zero attached hydrogens (tertiary/aromatic N) is 1. The predicted octanol–water partition coefficient (Wildman–Crippen LogP) is 3.27. The summed E-state index contributed by atoms with van der Waals surface area (Å²) >= 11 is 1.48. The van der Waals surface area contributed by atoms with Crippen LogP contribution in [0.4, 0.5) is 5.69 Å². The lowest BCUT2D eigenvalue weighted by Gasteiger charge is -2.20. The first-order valence-electron chi connectivity index (χ1n) is 7.90. The number of anilines is 1. The number of likely N-dealkylation sites (N-methyl/N-ethyl adjacent to an activating group) is 1. The first-order chi connectivity index (χ1) is 12.0. The second-order valence-electron chi connectivity index (χ2n) is 5.54. The van der Waals surface area contributed by atoms with Crippen LogP contribution in [0.3, 0.4) is 0 Å². The fraction of sp³-hybridized carbons (Fsp3) is 0.263. The van der Waals surface area contributed by atoms with E-state index in [1.807, 2.05) is 37.3 Å². The highest BCUT2D eigenvalue weighted by molar-refractivity contribution is 8.00. The molecule has 0 aliphatic carbocycles. The standard InChI is InChI=1S/C19H22N2O3S/c1-14(25-17-7-5-4-6-8-17)19(23)21(2)13-18(22)20-15-9-11-16(24-3)12-10-15/h4-12,14H,13H2,1-3H3,(H,20,22)/t14-/m0/s1. The van der Waals surface area contributed by atoms with Gasteiger partial charge in [0.15, 0.2) is 0 Å². The maximum Gasteiger partial charge on any atom is 0.243 e. The molecule has 0 spiro atoms. The molecular weight excluding hydrogens is 336 g/mol. The SMILES string of the molecule is COc1ccc(NC(=O)CN(C)C(=O)[C@H](C)Sc2ccccc2)cc1. The van der Waals surface area contributed by atoms with E-state index in [1.165, 1.54) is 16.7 Å². The van der Waals surface area contributed by atoms with Gasteiger partial charge in [-0.15, -0.1) is 11.8 Å². The van der Waals surface area contributed by atoms with Crippen molar-refractivity contribution in [2.24, 2.45) is 0 Å². The van der Waals surface area contributed by atoms with Gasteiger partial charge in [0.05, 0.1) is 18.9 Å². The van der Waals surface area contributed by atoms with Crippen LogP contribution in [0.25, 0.3) is 0 Å². The highest BCUT2D eigenvalue weighted by Crippen LogP contribution is 2.23. The van der Waals surface area contributed by atoms with Crippen LogP contribution in [0, 0.1) is 0 Å². The van der Waals surface area contributed by atoms with E-state index in [0.29, 0.717) is 5.69 Å². The number of carbonyl (C=O) groups excluding carboxylic acids is 2. The fourth-order valence-electron chi connectivity index (χ4n) is 2.23. The molecule has 1 N–H and O–H groups in total. The van der Waals surface area contributed by atoms with Crippen molar-refractivity contribution in [1.82, 2.24) is 4.90 Å². The minimum Gasteiger partial charge on any atom is -0.497 e. The minimum atomic E-state index is -0.263. The highest BCUT2D eigenvalue weighted by atomic mass is 32.2. The molecule has 2 aromatic carbocycles. The van der Waals surface area contributed by atoms with E-state index in [-0.39, 0.29) is 23.6 Å². The van der Waals surface area contributed by atoms with Crippen LogP contribution in [0.5, 0.6) is 5.75 Å². The lowest BCUT2D eigenvalue weighted by Crippen LogP contribution is -2.38. The number of rotatable bonds is 7. The lowest BCUT2D eigenvalue weighted by molar-refractivity contribution is -0.132. The average molecular weight is 358 g/mol. The Labute approximate surface area is 152 Å². The summed E-state index contributed by atoms with van der Waals surface area (Å²) in [6, 6.07) is 16.8. The molecule has 6 heteroatoms. The number of nitrogens with one attached hydrogen (secondary N) is 1. The van der Waals surface area contributed by atoms with Gasteiger partial charge in [0.2, 0.25) is 11.8 Å². The first-order valence-corrected chi connectivity index (χ1v) is 8.78. The summed E-state index contributed by atoms with van der Waals surface area (Å²) in [6.07, 6.45) is 0. The quantitative estimate of drug-likeness (QED) is 0.772. The summed E-state index contributed by atoms with van der Waals surface area (Å²) < 4.78 is 5.08. The number of methoxy groups -OCH3 is 1. The van der Waals surface area contributed by atoms with E-state index in [0.717, 1.165) is 10.6 Å². The zero-order chi connectivity index (χ0) is 18.2. The van der Waals surface area contributed by atoms with E-state index in [4.69, 9.17) is 4.74 Å². The number of hydrogen-bond donors (Lipinski definition) is 1. The molecule has 132 valence electrons. The third-order valence-corrected chi connectivity index (χ3v) is 4.63. The van der Waals surface area contributed by atoms with Crippen molar-refractivity contribution in [2.75, 3.05) is 26.0 Å².